The van der Waals surface area contributed by atoms with Crippen molar-refractivity contribution in [2.75, 3.05) is 12.8 Å². The Morgan fingerprint density at radius 1 is 0.735 bits per heavy atom. The third-order valence-corrected chi connectivity index (χ3v) is 7.80. The van der Waals surface area contributed by atoms with Gasteiger partial charge in [-0.1, -0.05) is 103 Å². The van der Waals surface area contributed by atoms with E-state index < -0.39 is 21.5 Å². The summed E-state index contributed by atoms with van der Waals surface area (Å²) < 4.78 is 23.7. The fourth-order valence-corrected chi connectivity index (χ4v) is 5.61. The van der Waals surface area contributed by atoms with Gasteiger partial charge in [-0.05, 0) is 34.4 Å². The molecular weight excluding hydrogens is 442 g/mol. The summed E-state index contributed by atoms with van der Waals surface area (Å²) in [5.41, 5.74) is 3.55. The summed E-state index contributed by atoms with van der Waals surface area (Å²) in [5, 5.41) is 11.3. The maximum Gasteiger partial charge on any atom is 0.175 e. The number of aliphatic hydroxyl groups excluding tert-OH is 1. The zero-order valence-corrected chi connectivity index (χ0v) is 19.8. The van der Waals surface area contributed by atoms with Crippen molar-refractivity contribution in [2.24, 2.45) is 0 Å². The molecule has 0 bridgehead atoms. The highest BCUT2D eigenvalue weighted by atomic mass is 32.2. The van der Waals surface area contributed by atoms with Crippen LogP contribution in [0.3, 0.4) is 0 Å². The summed E-state index contributed by atoms with van der Waals surface area (Å²) in [6.07, 6.45) is 0.443. The van der Waals surface area contributed by atoms with Crippen LogP contribution < -0.4 is 0 Å². The van der Waals surface area contributed by atoms with E-state index in [0.717, 1.165) is 16.7 Å². The Hall–Kier alpha value is -3.25. The predicted molar refractivity (Wildman–Crippen MR) is 134 cm³/mol. The smallest absolute Gasteiger partial charge is 0.175 e. The summed E-state index contributed by atoms with van der Waals surface area (Å²) in [5.74, 6) is 0. The average molecular weight is 470 g/mol. The van der Waals surface area contributed by atoms with Gasteiger partial charge in [-0.2, -0.15) is 0 Å². The first-order chi connectivity index (χ1) is 16.4. The quantitative estimate of drug-likeness (QED) is 0.312. The van der Waals surface area contributed by atoms with Crippen LogP contribution >= 0.6 is 0 Å². The number of sulfone groups is 1. The molecule has 0 radical (unpaired) electrons. The molecule has 4 nitrogen and oxygen atoms in total. The molecule has 3 atom stereocenters. The van der Waals surface area contributed by atoms with Crippen molar-refractivity contribution in [1.29, 1.82) is 0 Å². The van der Waals surface area contributed by atoms with Gasteiger partial charge in [0.2, 0.25) is 0 Å². The minimum Gasteiger partial charge on any atom is -0.387 e. The Balaban J connectivity index is 1.60. The first kappa shape index (κ1) is 22.5. The van der Waals surface area contributed by atoms with E-state index in [9.17, 15) is 13.5 Å². The van der Waals surface area contributed by atoms with E-state index in [1.54, 1.807) is 24.3 Å². The molecule has 1 heterocycles. The van der Waals surface area contributed by atoms with E-state index in [1.807, 2.05) is 18.2 Å². The van der Waals surface area contributed by atoms with Crippen molar-refractivity contribution in [1.82, 2.24) is 4.90 Å². The van der Waals surface area contributed by atoms with E-state index in [4.69, 9.17) is 0 Å². The number of nitrogens with zero attached hydrogens (tertiary/aromatic N) is 1. The Labute approximate surface area is 201 Å². The van der Waals surface area contributed by atoms with Crippen LogP contribution in [0.5, 0.6) is 0 Å². The van der Waals surface area contributed by atoms with E-state index in [2.05, 4.69) is 77.7 Å². The van der Waals surface area contributed by atoms with Crippen molar-refractivity contribution in [3.8, 4) is 0 Å². The first-order valence-electron chi connectivity index (χ1n) is 11.3. The molecule has 172 valence electrons. The van der Waals surface area contributed by atoms with E-state index in [0.29, 0.717) is 12.1 Å². The molecule has 0 aromatic heterocycles. The molecule has 1 fully saturated rings. The van der Waals surface area contributed by atoms with Gasteiger partial charge in [0.05, 0.1) is 22.6 Å². The molecule has 4 aromatic rings. The molecule has 0 spiro atoms. The number of benzene rings is 4. The molecule has 2 unspecified atom stereocenters. The molecule has 4 aromatic carbocycles. The fraction of sp³-hybridized carbons (Fsp3) is 0.172. The second-order valence-corrected chi connectivity index (χ2v) is 10.8. The Morgan fingerprint density at radius 3 is 1.53 bits per heavy atom. The molecule has 0 saturated carbocycles. The fourth-order valence-electron chi connectivity index (χ4n) is 4.98. The van der Waals surface area contributed by atoms with E-state index >= 15 is 0 Å². The summed E-state index contributed by atoms with van der Waals surface area (Å²) in [6, 6.07) is 37.6. The molecule has 1 saturated heterocycles. The third-order valence-electron chi connectivity index (χ3n) is 6.67. The maximum absolute atomic E-state index is 11.8. The standard InChI is InChI=1S/C29H27NO3S/c1-34(32,33)26-19-17-22(18-20-26)28(31)27-21-30(27)29(23-11-5-2-6-12-23,24-13-7-3-8-14-24)25-15-9-4-10-16-25/h2-20,27-28,31H,21H2,1H3/t27?,28-,30?/m1/s1. The lowest BCUT2D eigenvalue weighted by atomic mass is 9.76. The molecule has 1 N–H and O–H groups in total. The normalized spacial score (nSPS) is 18.9. The van der Waals surface area contributed by atoms with Crippen molar-refractivity contribution >= 4 is 9.84 Å². The van der Waals surface area contributed by atoms with Crippen molar-refractivity contribution < 1.29 is 13.5 Å². The number of hydrogen-bond acceptors (Lipinski definition) is 4. The van der Waals surface area contributed by atoms with Gasteiger partial charge in [-0.25, -0.2) is 8.42 Å². The second-order valence-electron chi connectivity index (χ2n) is 8.81. The summed E-state index contributed by atoms with van der Waals surface area (Å²) in [6.45, 7) is 0.702. The van der Waals surface area contributed by atoms with Gasteiger partial charge >= 0.3 is 0 Å². The lowest BCUT2D eigenvalue weighted by Gasteiger charge is -2.38. The van der Waals surface area contributed by atoms with Crippen LogP contribution in [0.1, 0.15) is 28.4 Å². The molecule has 1 aliphatic rings. The topological polar surface area (TPSA) is 57.4 Å². The molecule has 5 rings (SSSR count). The van der Waals surface area contributed by atoms with Crippen LogP contribution in [0.15, 0.2) is 120 Å². The second kappa shape index (κ2) is 8.84. The zero-order valence-electron chi connectivity index (χ0n) is 19.0. The van der Waals surface area contributed by atoms with E-state index in [1.165, 1.54) is 6.26 Å². The van der Waals surface area contributed by atoms with Gasteiger partial charge in [0.15, 0.2) is 9.84 Å². The Kier molecular flexibility index (Phi) is 5.86. The van der Waals surface area contributed by atoms with Crippen LogP contribution in [0, 0.1) is 0 Å². The molecule has 0 amide bonds. The van der Waals surface area contributed by atoms with Crippen molar-refractivity contribution in [3.63, 3.8) is 0 Å². The summed E-state index contributed by atoms with van der Waals surface area (Å²) in [7, 11) is -3.28. The van der Waals surface area contributed by atoms with Gasteiger partial charge in [0.1, 0.15) is 0 Å². The maximum atomic E-state index is 11.8. The van der Waals surface area contributed by atoms with Crippen molar-refractivity contribution in [2.45, 2.75) is 22.6 Å². The summed E-state index contributed by atoms with van der Waals surface area (Å²) >= 11 is 0. The number of hydrogen-bond donors (Lipinski definition) is 1. The lowest BCUT2D eigenvalue weighted by Crippen LogP contribution is -2.39. The van der Waals surface area contributed by atoms with Gasteiger partial charge in [-0.3, -0.25) is 4.90 Å². The first-order valence-corrected chi connectivity index (χ1v) is 13.2. The molecule has 5 heteroatoms. The highest BCUT2D eigenvalue weighted by molar-refractivity contribution is 7.90. The van der Waals surface area contributed by atoms with Crippen LogP contribution in [-0.4, -0.2) is 37.3 Å². The van der Waals surface area contributed by atoms with Gasteiger partial charge in [0.25, 0.3) is 0 Å². The highest BCUT2D eigenvalue weighted by Gasteiger charge is 2.55. The molecular formula is C29H27NO3S. The predicted octanol–water partition coefficient (Wildman–Crippen LogP) is 4.80. The van der Waals surface area contributed by atoms with Crippen molar-refractivity contribution in [3.05, 3.63) is 138 Å². The minimum atomic E-state index is -3.28. The monoisotopic (exact) mass is 469 g/mol. The highest BCUT2D eigenvalue weighted by Crippen LogP contribution is 2.50. The van der Waals surface area contributed by atoms with Crippen LogP contribution in [0.25, 0.3) is 0 Å². The van der Waals surface area contributed by atoms with Crippen LogP contribution in [0.4, 0.5) is 0 Å². The number of rotatable bonds is 7. The van der Waals surface area contributed by atoms with Gasteiger partial charge < -0.3 is 5.11 Å². The van der Waals surface area contributed by atoms with E-state index in [-0.39, 0.29) is 10.9 Å². The van der Waals surface area contributed by atoms with Gasteiger partial charge in [0, 0.05) is 12.8 Å². The SMILES string of the molecule is CS(=O)(=O)c1ccc([C@@H](O)C2CN2C(c2ccccc2)(c2ccccc2)c2ccccc2)cc1. The third kappa shape index (κ3) is 3.96. The molecule has 1 aliphatic heterocycles. The summed E-state index contributed by atoms with van der Waals surface area (Å²) in [4.78, 5) is 2.59. The molecule has 34 heavy (non-hydrogen) atoms. The number of aliphatic hydroxyl groups is 1. The van der Waals surface area contributed by atoms with Crippen LogP contribution in [0.2, 0.25) is 0 Å². The average Bonchev–Trinajstić information content (AvgIpc) is 3.67. The zero-order chi connectivity index (χ0) is 23.8. The van der Waals surface area contributed by atoms with Gasteiger partial charge in [-0.15, -0.1) is 0 Å². The molecule has 0 aliphatic carbocycles. The minimum absolute atomic E-state index is 0.121. The largest absolute Gasteiger partial charge is 0.387 e. The lowest BCUT2D eigenvalue weighted by molar-refractivity contribution is 0.142. The Bertz CT molecular complexity index is 1260. The Morgan fingerprint density at radius 2 is 1.15 bits per heavy atom. The van der Waals surface area contributed by atoms with Crippen LogP contribution in [-0.2, 0) is 15.4 Å².